The number of amides is 1. The molecule has 0 radical (unpaired) electrons. The Kier molecular flexibility index (Phi) is 6.37. The SMILES string of the molecule is C[C@H](N)C(=O)NCC(O)COc1cccc(Cl)c1Cl. The van der Waals surface area contributed by atoms with E-state index in [1.54, 1.807) is 25.1 Å². The van der Waals surface area contributed by atoms with Gasteiger partial charge in [-0.2, -0.15) is 0 Å². The summed E-state index contributed by atoms with van der Waals surface area (Å²) in [5.41, 5.74) is 5.37. The van der Waals surface area contributed by atoms with E-state index in [1.165, 1.54) is 0 Å². The van der Waals surface area contributed by atoms with E-state index in [9.17, 15) is 9.90 Å². The fraction of sp³-hybridized carbons (Fsp3) is 0.417. The first-order valence-electron chi connectivity index (χ1n) is 5.70. The summed E-state index contributed by atoms with van der Waals surface area (Å²) in [7, 11) is 0. The van der Waals surface area contributed by atoms with Crippen molar-refractivity contribution in [3.05, 3.63) is 28.2 Å². The summed E-state index contributed by atoms with van der Waals surface area (Å²) in [5.74, 6) is 0.0478. The highest BCUT2D eigenvalue weighted by Gasteiger charge is 2.12. The van der Waals surface area contributed by atoms with Crippen molar-refractivity contribution >= 4 is 29.1 Å². The fourth-order valence-corrected chi connectivity index (χ4v) is 1.57. The van der Waals surface area contributed by atoms with E-state index in [4.69, 9.17) is 33.7 Å². The third kappa shape index (κ3) is 5.24. The smallest absolute Gasteiger partial charge is 0.236 e. The lowest BCUT2D eigenvalue weighted by Crippen LogP contribution is -2.42. The number of benzene rings is 1. The molecule has 4 N–H and O–H groups in total. The molecule has 0 heterocycles. The number of nitrogens with one attached hydrogen (secondary N) is 1. The van der Waals surface area contributed by atoms with Gasteiger partial charge in [-0.1, -0.05) is 29.3 Å². The van der Waals surface area contributed by atoms with Crippen molar-refractivity contribution in [1.82, 2.24) is 5.32 Å². The second-order valence-corrected chi connectivity index (χ2v) is 4.84. The van der Waals surface area contributed by atoms with Crippen molar-refractivity contribution in [3.8, 4) is 5.75 Å². The van der Waals surface area contributed by atoms with E-state index in [2.05, 4.69) is 5.32 Å². The molecule has 5 nitrogen and oxygen atoms in total. The lowest BCUT2D eigenvalue weighted by molar-refractivity contribution is -0.122. The van der Waals surface area contributed by atoms with Crippen LogP contribution in [-0.4, -0.2) is 36.3 Å². The molecule has 19 heavy (non-hydrogen) atoms. The molecular weight excluding hydrogens is 291 g/mol. The van der Waals surface area contributed by atoms with Gasteiger partial charge in [0, 0.05) is 6.54 Å². The van der Waals surface area contributed by atoms with E-state index >= 15 is 0 Å². The molecule has 7 heteroatoms. The maximum absolute atomic E-state index is 11.2. The maximum atomic E-state index is 11.2. The highest BCUT2D eigenvalue weighted by atomic mass is 35.5. The van der Waals surface area contributed by atoms with Gasteiger partial charge >= 0.3 is 0 Å². The summed E-state index contributed by atoms with van der Waals surface area (Å²) < 4.78 is 5.32. The minimum Gasteiger partial charge on any atom is -0.489 e. The monoisotopic (exact) mass is 306 g/mol. The third-order valence-corrected chi connectivity index (χ3v) is 3.07. The topological polar surface area (TPSA) is 84.6 Å². The Hall–Kier alpha value is -1.01. The second-order valence-electron chi connectivity index (χ2n) is 4.05. The van der Waals surface area contributed by atoms with Crippen LogP contribution >= 0.6 is 23.2 Å². The van der Waals surface area contributed by atoms with E-state index in [0.29, 0.717) is 10.8 Å². The molecule has 1 aromatic rings. The van der Waals surface area contributed by atoms with E-state index < -0.39 is 12.1 Å². The van der Waals surface area contributed by atoms with Crippen LogP contribution in [0.3, 0.4) is 0 Å². The Morgan fingerprint density at radius 1 is 1.53 bits per heavy atom. The minimum absolute atomic E-state index is 0.0146. The molecule has 0 saturated heterocycles. The van der Waals surface area contributed by atoms with Crippen molar-refractivity contribution in [2.45, 2.75) is 19.1 Å². The zero-order chi connectivity index (χ0) is 14.4. The molecule has 0 saturated carbocycles. The summed E-state index contributed by atoms with van der Waals surface area (Å²) >= 11 is 11.7. The van der Waals surface area contributed by atoms with Crippen LogP contribution in [0.25, 0.3) is 0 Å². The molecule has 1 unspecified atom stereocenters. The van der Waals surface area contributed by atoms with Gasteiger partial charge in [0.2, 0.25) is 5.91 Å². The number of halogens is 2. The Morgan fingerprint density at radius 3 is 2.84 bits per heavy atom. The van der Waals surface area contributed by atoms with Gasteiger partial charge in [0.25, 0.3) is 0 Å². The Morgan fingerprint density at radius 2 is 2.21 bits per heavy atom. The van der Waals surface area contributed by atoms with Gasteiger partial charge in [0.05, 0.1) is 11.1 Å². The van der Waals surface area contributed by atoms with Crippen molar-refractivity contribution in [1.29, 1.82) is 0 Å². The zero-order valence-electron chi connectivity index (χ0n) is 10.4. The summed E-state index contributed by atoms with van der Waals surface area (Å²) in [6.45, 7) is 1.60. The number of ether oxygens (including phenoxy) is 1. The zero-order valence-corrected chi connectivity index (χ0v) is 11.9. The summed E-state index contributed by atoms with van der Waals surface area (Å²) in [5, 5.41) is 12.8. The summed E-state index contributed by atoms with van der Waals surface area (Å²) in [6.07, 6.45) is -0.863. The number of carbonyl (C=O) groups is 1. The summed E-state index contributed by atoms with van der Waals surface area (Å²) in [4.78, 5) is 11.2. The molecule has 0 aromatic heterocycles. The van der Waals surface area contributed by atoms with Crippen molar-refractivity contribution < 1.29 is 14.6 Å². The molecule has 1 rings (SSSR count). The standard InChI is InChI=1S/C12H16Cl2N2O3/c1-7(15)12(18)16-5-8(17)6-19-10-4-2-3-9(13)11(10)14/h2-4,7-8,17H,5-6,15H2,1H3,(H,16,18)/t7-,8?/m0/s1. The molecule has 0 bridgehead atoms. The highest BCUT2D eigenvalue weighted by molar-refractivity contribution is 6.42. The lowest BCUT2D eigenvalue weighted by atomic mass is 10.3. The van der Waals surface area contributed by atoms with Gasteiger partial charge in [-0.15, -0.1) is 0 Å². The van der Waals surface area contributed by atoms with E-state index in [-0.39, 0.29) is 24.1 Å². The number of hydrogen-bond acceptors (Lipinski definition) is 4. The van der Waals surface area contributed by atoms with Crippen LogP contribution in [0, 0.1) is 0 Å². The molecule has 2 atom stereocenters. The molecule has 1 aromatic carbocycles. The van der Waals surface area contributed by atoms with Crippen LogP contribution in [0.5, 0.6) is 5.75 Å². The number of carbonyl (C=O) groups excluding carboxylic acids is 1. The quantitative estimate of drug-likeness (QED) is 0.737. The molecule has 0 fully saturated rings. The number of nitrogens with two attached hydrogens (primary N) is 1. The lowest BCUT2D eigenvalue weighted by Gasteiger charge is -2.15. The number of aliphatic hydroxyl groups excluding tert-OH is 1. The van der Waals surface area contributed by atoms with Crippen molar-refractivity contribution in [2.75, 3.05) is 13.2 Å². The van der Waals surface area contributed by atoms with Crippen LogP contribution in [0.4, 0.5) is 0 Å². The second kappa shape index (κ2) is 7.55. The third-order valence-electron chi connectivity index (χ3n) is 2.27. The van der Waals surface area contributed by atoms with Crippen molar-refractivity contribution in [2.24, 2.45) is 5.73 Å². The van der Waals surface area contributed by atoms with Gasteiger partial charge in [-0.05, 0) is 19.1 Å². The van der Waals surface area contributed by atoms with Gasteiger partial charge in [0.15, 0.2) is 0 Å². The largest absolute Gasteiger partial charge is 0.489 e. The number of rotatable bonds is 6. The normalized spacial score (nSPS) is 13.7. The molecule has 0 aliphatic carbocycles. The van der Waals surface area contributed by atoms with Crippen molar-refractivity contribution in [3.63, 3.8) is 0 Å². The van der Waals surface area contributed by atoms with Crippen LogP contribution in [-0.2, 0) is 4.79 Å². The van der Waals surface area contributed by atoms with Crippen LogP contribution in [0.2, 0.25) is 10.0 Å². The van der Waals surface area contributed by atoms with E-state index in [0.717, 1.165) is 0 Å². The van der Waals surface area contributed by atoms with Crippen LogP contribution in [0.1, 0.15) is 6.92 Å². The number of aliphatic hydroxyl groups is 1. The van der Waals surface area contributed by atoms with Crippen LogP contribution in [0.15, 0.2) is 18.2 Å². The first-order chi connectivity index (χ1) is 8.91. The molecular formula is C12H16Cl2N2O3. The predicted molar refractivity (Wildman–Crippen MR) is 74.6 cm³/mol. The predicted octanol–water partition coefficient (Wildman–Crippen LogP) is 1.20. The first kappa shape index (κ1) is 16.0. The van der Waals surface area contributed by atoms with Gasteiger partial charge in [-0.3, -0.25) is 4.79 Å². The Labute approximate surface area is 121 Å². The highest BCUT2D eigenvalue weighted by Crippen LogP contribution is 2.31. The molecule has 106 valence electrons. The fourth-order valence-electron chi connectivity index (χ4n) is 1.22. The Balaban J connectivity index is 2.40. The van der Waals surface area contributed by atoms with E-state index in [1.807, 2.05) is 0 Å². The molecule has 0 spiro atoms. The average Bonchev–Trinajstić information content (AvgIpc) is 2.37. The Bertz CT molecular complexity index is 441. The average molecular weight is 307 g/mol. The number of hydrogen-bond donors (Lipinski definition) is 3. The van der Waals surface area contributed by atoms with Gasteiger partial charge in [0.1, 0.15) is 23.5 Å². The summed E-state index contributed by atoms with van der Waals surface area (Å²) in [6, 6.07) is 4.35. The van der Waals surface area contributed by atoms with Gasteiger partial charge in [-0.25, -0.2) is 0 Å². The molecule has 0 aliphatic heterocycles. The maximum Gasteiger partial charge on any atom is 0.236 e. The van der Waals surface area contributed by atoms with Gasteiger partial charge < -0.3 is 20.9 Å². The van der Waals surface area contributed by atoms with Crippen LogP contribution < -0.4 is 15.8 Å². The minimum atomic E-state index is -0.863. The first-order valence-corrected chi connectivity index (χ1v) is 6.45. The molecule has 0 aliphatic rings. The molecule has 1 amide bonds.